The van der Waals surface area contributed by atoms with E-state index in [-0.39, 0.29) is 11.4 Å². The zero-order valence-electron chi connectivity index (χ0n) is 8.27. The summed E-state index contributed by atoms with van der Waals surface area (Å²) in [6.45, 7) is 7.91. The van der Waals surface area contributed by atoms with Crippen molar-refractivity contribution in [3.8, 4) is 0 Å². The van der Waals surface area contributed by atoms with Crippen molar-refractivity contribution in [3.05, 3.63) is 11.8 Å². The maximum absolute atomic E-state index is 10.6. The molecule has 1 amide bonds. The Morgan fingerprint density at radius 2 is 2.08 bits per heavy atom. The number of nitrogens with two attached hydrogens (primary N) is 1. The minimum absolute atomic E-state index is 0.0245. The molecule has 0 aliphatic carbocycles. The lowest BCUT2D eigenvalue weighted by Gasteiger charge is -2.23. The first-order valence-corrected chi connectivity index (χ1v) is 4.13. The summed E-state index contributed by atoms with van der Waals surface area (Å²) >= 11 is 0. The number of nitrogens with one attached hydrogen (secondary N) is 1. The molecule has 0 fully saturated rings. The zero-order chi connectivity index (χ0) is 9.78. The first kappa shape index (κ1) is 11.0. The Bertz CT molecular complexity index is 195. The standard InChI is InChI=1S/C9H18N2O/c1-5-9(3,4)11-6-7(2)8(10)12/h6,11H,5H2,1-4H3,(H2,10,12). The smallest absolute Gasteiger partial charge is 0.245 e. The number of carbonyl (C=O) groups excluding carboxylic acids is 1. The number of rotatable bonds is 4. The normalized spacial score (nSPS) is 12.8. The third kappa shape index (κ3) is 4.01. The van der Waals surface area contributed by atoms with Gasteiger partial charge in [0.2, 0.25) is 5.91 Å². The van der Waals surface area contributed by atoms with Gasteiger partial charge in [-0.2, -0.15) is 0 Å². The van der Waals surface area contributed by atoms with Crippen LogP contribution in [-0.2, 0) is 4.79 Å². The van der Waals surface area contributed by atoms with Crippen molar-refractivity contribution in [1.29, 1.82) is 0 Å². The Morgan fingerprint density at radius 1 is 1.58 bits per heavy atom. The lowest BCUT2D eigenvalue weighted by molar-refractivity contribution is -0.114. The van der Waals surface area contributed by atoms with Gasteiger partial charge in [0.05, 0.1) is 0 Å². The van der Waals surface area contributed by atoms with Crippen molar-refractivity contribution >= 4 is 5.91 Å². The summed E-state index contributed by atoms with van der Waals surface area (Å²) in [6.07, 6.45) is 2.67. The largest absolute Gasteiger partial charge is 0.386 e. The van der Waals surface area contributed by atoms with Crippen LogP contribution in [0.3, 0.4) is 0 Å². The molecule has 0 saturated heterocycles. The van der Waals surface area contributed by atoms with Crippen LogP contribution in [0.15, 0.2) is 11.8 Å². The summed E-state index contributed by atoms with van der Waals surface area (Å²) in [6, 6.07) is 0. The second-order valence-corrected chi connectivity index (χ2v) is 3.57. The molecular formula is C9H18N2O. The fraction of sp³-hybridized carbons (Fsp3) is 0.667. The van der Waals surface area contributed by atoms with Crippen molar-refractivity contribution in [2.24, 2.45) is 5.73 Å². The Kier molecular flexibility index (Phi) is 3.80. The molecule has 0 saturated carbocycles. The van der Waals surface area contributed by atoms with Crippen LogP contribution in [-0.4, -0.2) is 11.4 Å². The minimum atomic E-state index is -0.380. The van der Waals surface area contributed by atoms with Crippen molar-refractivity contribution in [1.82, 2.24) is 5.32 Å². The van der Waals surface area contributed by atoms with Crippen molar-refractivity contribution in [3.63, 3.8) is 0 Å². The molecule has 0 aromatic carbocycles. The molecular weight excluding hydrogens is 152 g/mol. The highest BCUT2D eigenvalue weighted by Crippen LogP contribution is 2.06. The van der Waals surface area contributed by atoms with Crippen LogP contribution in [0.5, 0.6) is 0 Å². The van der Waals surface area contributed by atoms with E-state index in [2.05, 4.69) is 26.1 Å². The number of hydrogen-bond acceptors (Lipinski definition) is 2. The van der Waals surface area contributed by atoms with E-state index in [4.69, 9.17) is 5.73 Å². The minimum Gasteiger partial charge on any atom is -0.386 e. The average Bonchev–Trinajstić information content (AvgIpc) is 2.00. The monoisotopic (exact) mass is 170 g/mol. The Labute approximate surface area is 74.0 Å². The molecule has 3 nitrogen and oxygen atoms in total. The second-order valence-electron chi connectivity index (χ2n) is 3.57. The van der Waals surface area contributed by atoms with E-state index < -0.39 is 0 Å². The molecule has 0 heterocycles. The van der Waals surface area contributed by atoms with Crippen LogP contribution in [0, 0.1) is 0 Å². The van der Waals surface area contributed by atoms with Crippen molar-refractivity contribution < 1.29 is 4.79 Å². The Morgan fingerprint density at radius 3 is 2.42 bits per heavy atom. The van der Waals surface area contributed by atoms with Crippen LogP contribution < -0.4 is 11.1 Å². The maximum Gasteiger partial charge on any atom is 0.245 e. The summed E-state index contributed by atoms with van der Waals surface area (Å²) in [5, 5.41) is 3.13. The molecule has 0 atom stereocenters. The Hall–Kier alpha value is -0.990. The van der Waals surface area contributed by atoms with Gasteiger partial charge in [0.15, 0.2) is 0 Å². The molecule has 0 spiro atoms. The van der Waals surface area contributed by atoms with Gasteiger partial charge in [-0.25, -0.2) is 0 Å². The lowest BCUT2D eigenvalue weighted by atomic mass is 10.0. The van der Waals surface area contributed by atoms with Gasteiger partial charge in [-0.1, -0.05) is 6.92 Å². The van der Waals surface area contributed by atoms with Crippen LogP contribution in [0.2, 0.25) is 0 Å². The van der Waals surface area contributed by atoms with Gasteiger partial charge in [-0.3, -0.25) is 4.79 Å². The maximum atomic E-state index is 10.6. The van der Waals surface area contributed by atoms with E-state index in [0.29, 0.717) is 5.57 Å². The quantitative estimate of drug-likeness (QED) is 0.622. The number of carbonyl (C=O) groups is 1. The molecule has 0 aliphatic rings. The van der Waals surface area contributed by atoms with Gasteiger partial charge in [0, 0.05) is 17.3 Å². The molecule has 3 heteroatoms. The molecule has 0 rings (SSSR count). The molecule has 70 valence electrons. The highest BCUT2D eigenvalue weighted by atomic mass is 16.1. The first-order valence-electron chi connectivity index (χ1n) is 4.13. The van der Waals surface area contributed by atoms with E-state index in [1.54, 1.807) is 13.1 Å². The van der Waals surface area contributed by atoms with Crippen LogP contribution in [0.1, 0.15) is 34.1 Å². The Balaban J connectivity index is 4.13. The predicted octanol–water partition coefficient (Wildman–Crippen LogP) is 1.15. The van der Waals surface area contributed by atoms with E-state index in [0.717, 1.165) is 6.42 Å². The number of primary amides is 1. The fourth-order valence-corrected chi connectivity index (χ4v) is 0.477. The number of hydrogen-bond donors (Lipinski definition) is 2. The highest BCUT2D eigenvalue weighted by Gasteiger charge is 2.11. The summed E-state index contributed by atoms with van der Waals surface area (Å²) < 4.78 is 0. The van der Waals surface area contributed by atoms with Gasteiger partial charge in [-0.15, -0.1) is 0 Å². The van der Waals surface area contributed by atoms with E-state index in [1.165, 1.54) is 0 Å². The van der Waals surface area contributed by atoms with Gasteiger partial charge < -0.3 is 11.1 Å². The molecule has 3 N–H and O–H groups in total. The van der Waals surface area contributed by atoms with Crippen LogP contribution >= 0.6 is 0 Å². The van der Waals surface area contributed by atoms with Gasteiger partial charge in [0.25, 0.3) is 0 Å². The lowest BCUT2D eigenvalue weighted by Crippen LogP contribution is -2.35. The van der Waals surface area contributed by atoms with Gasteiger partial charge in [0.1, 0.15) is 0 Å². The van der Waals surface area contributed by atoms with Crippen molar-refractivity contribution in [2.75, 3.05) is 0 Å². The molecule has 12 heavy (non-hydrogen) atoms. The summed E-state index contributed by atoms with van der Waals surface area (Å²) in [5.41, 5.74) is 5.64. The molecule has 0 unspecified atom stereocenters. The highest BCUT2D eigenvalue weighted by molar-refractivity contribution is 5.91. The average molecular weight is 170 g/mol. The molecule has 0 aromatic heterocycles. The SMILES string of the molecule is CCC(C)(C)NC=C(C)C(N)=O. The van der Waals surface area contributed by atoms with Crippen LogP contribution in [0.4, 0.5) is 0 Å². The zero-order valence-corrected chi connectivity index (χ0v) is 8.27. The topological polar surface area (TPSA) is 55.1 Å². The third-order valence-electron chi connectivity index (χ3n) is 1.95. The molecule has 0 radical (unpaired) electrons. The fourth-order valence-electron chi connectivity index (χ4n) is 0.477. The van der Waals surface area contributed by atoms with E-state index in [9.17, 15) is 4.79 Å². The van der Waals surface area contributed by atoms with Crippen LogP contribution in [0.25, 0.3) is 0 Å². The van der Waals surface area contributed by atoms with Gasteiger partial charge in [-0.05, 0) is 27.2 Å². The molecule has 0 aromatic rings. The summed E-state index contributed by atoms with van der Waals surface area (Å²) in [5.74, 6) is -0.380. The molecule has 0 bridgehead atoms. The third-order valence-corrected chi connectivity index (χ3v) is 1.95. The summed E-state index contributed by atoms with van der Waals surface area (Å²) in [4.78, 5) is 10.6. The van der Waals surface area contributed by atoms with E-state index in [1.807, 2.05) is 0 Å². The molecule has 0 aliphatic heterocycles. The summed E-state index contributed by atoms with van der Waals surface area (Å²) in [7, 11) is 0. The van der Waals surface area contributed by atoms with Gasteiger partial charge >= 0.3 is 0 Å². The first-order chi connectivity index (χ1) is 5.39. The van der Waals surface area contributed by atoms with E-state index >= 15 is 0 Å². The predicted molar refractivity (Wildman–Crippen MR) is 50.5 cm³/mol. The second kappa shape index (κ2) is 4.14. The van der Waals surface area contributed by atoms with Crippen molar-refractivity contribution in [2.45, 2.75) is 39.7 Å². The number of amides is 1.